The van der Waals surface area contributed by atoms with Gasteiger partial charge in [0.1, 0.15) is 0 Å². The van der Waals surface area contributed by atoms with Crippen LogP contribution in [0.1, 0.15) is 47.3 Å². The van der Waals surface area contributed by atoms with Crippen molar-refractivity contribution >= 4 is 35.3 Å². The third kappa shape index (κ3) is 5.20. The van der Waals surface area contributed by atoms with Gasteiger partial charge in [-0.2, -0.15) is 0 Å². The molecular weight excluding hydrogens is 428 g/mol. The molecule has 4 nitrogen and oxygen atoms in total. The lowest BCUT2D eigenvalue weighted by Gasteiger charge is -2.31. The minimum Gasteiger partial charge on any atom is -0.350 e. The van der Waals surface area contributed by atoms with Gasteiger partial charge >= 0.3 is 0 Å². The molecule has 0 saturated carbocycles. The summed E-state index contributed by atoms with van der Waals surface area (Å²) in [6, 6.07) is 23.7. The quantitative estimate of drug-likeness (QED) is 0.449. The van der Waals surface area contributed by atoms with E-state index >= 15 is 0 Å². The summed E-state index contributed by atoms with van der Waals surface area (Å²) in [5.74, 6) is -0.0921. The molecular formula is C28H28N2O2S. The molecule has 5 heteroatoms. The predicted molar refractivity (Wildman–Crippen MR) is 136 cm³/mol. The van der Waals surface area contributed by atoms with Crippen LogP contribution < -0.4 is 10.2 Å². The van der Waals surface area contributed by atoms with E-state index in [0.29, 0.717) is 17.0 Å². The lowest BCUT2D eigenvalue weighted by molar-refractivity contribution is -0.114. The minimum absolute atomic E-state index is 0.0134. The Balaban J connectivity index is 1.61. The second-order valence-corrected chi connectivity index (χ2v) is 9.38. The van der Waals surface area contributed by atoms with Gasteiger partial charge in [0.15, 0.2) is 0 Å². The van der Waals surface area contributed by atoms with Crippen LogP contribution in [0.3, 0.4) is 0 Å². The lowest BCUT2D eigenvalue weighted by Crippen LogP contribution is -2.34. The zero-order chi connectivity index (χ0) is 23.4. The number of anilines is 1. The number of fused-ring (bicyclic) bond motifs is 1. The van der Waals surface area contributed by atoms with E-state index in [0.717, 1.165) is 33.7 Å². The summed E-state index contributed by atoms with van der Waals surface area (Å²) in [5, 5.41) is 2.98. The van der Waals surface area contributed by atoms with Gasteiger partial charge in [-0.1, -0.05) is 67.2 Å². The predicted octanol–water partition coefficient (Wildman–Crippen LogP) is 6.20. The Labute approximate surface area is 199 Å². The van der Waals surface area contributed by atoms with Crippen molar-refractivity contribution in [3.05, 3.63) is 100.0 Å². The number of aryl methyl sites for hydroxylation is 1. The smallest absolute Gasteiger partial charge is 0.265 e. The number of amides is 2. The third-order valence-corrected chi connectivity index (χ3v) is 6.96. The Morgan fingerprint density at radius 3 is 2.45 bits per heavy atom. The first-order valence-electron chi connectivity index (χ1n) is 11.2. The fourth-order valence-corrected chi connectivity index (χ4v) is 4.73. The Bertz CT molecular complexity index is 1200. The molecule has 33 heavy (non-hydrogen) atoms. The molecule has 1 atom stereocenters. The maximum atomic E-state index is 13.5. The molecule has 2 amide bonds. The summed E-state index contributed by atoms with van der Waals surface area (Å²) in [6.07, 6.45) is 2.79. The molecule has 0 radical (unpaired) electrons. The number of para-hydroxylation sites is 1. The molecule has 0 aliphatic carbocycles. The fourth-order valence-electron chi connectivity index (χ4n) is 3.67. The molecule has 1 N–H and O–H groups in total. The van der Waals surface area contributed by atoms with Crippen LogP contribution in [0.25, 0.3) is 6.08 Å². The zero-order valence-electron chi connectivity index (χ0n) is 19.2. The van der Waals surface area contributed by atoms with Crippen LogP contribution in [-0.2, 0) is 11.3 Å². The molecule has 0 bridgehead atoms. The molecule has 1 unspecified atom stereocenters. The molecule has 0 saturated heterocycles. The first kappa shape index (κ1) is 22.9. The van der Waals surface area contributed by atoms with Crippen molar-refractivity contribution in [2.75, 3.05) is 4.90 Å². The first-order valence-corrected chi connectivity index (χ1v) is 12.0. The molecule has 0 spiro atoms. The standard InChI is InChI=1S/C28H28N2O2S/c1-4-20(3)29-27(31)22-15-13-21(14-16-22)17-26-28(32)30(18-23-10-6-5-9-19(23)2)24-11-7-8-12-25(24)33-26/h5-17,20H,4,18H2,1-3H3,(H,29,31)/b26-17+. The van der Waals surface area contributed by atoms with E-state index in [1.165, 1.54) is 11.8 Å². The molecule has 1 aliphatic rings. The van der Waals surface area contributed by atoms with E-state index in [-0.39, 0.29) is 17.9 Å². The van der Waals surface area contributed by atoms with Crippen molar-refractivity contribution in [3.63, 3.8) is 0 Å². The number of thioether (sulfide) groups is 1. The monoisotopic (exact) mass is 456 g/mol. The SMILES string of the molecule is CCC(C)NC(=O)c1ccc(/C=C2/Sc3ccccc3N(Cc3ccccc3C)C2=O)cc1. The van der Waals surface area contributed by atoms with Crippen molar-refractivity contribution < 1.29 is 9.59 Å². The van der Waals surface area contributed by atoms with Gasteiger partial charge in [-0.25, -0.2) is 0 Å². The van der Waals surface area contributed by atoms with E-state index in [1.54, 1.807) is 12.1 Å². The number of hydrogen-bond donors (Lipinski definition) is 1. The maximum Gasteiger partial charge on any atom is 0.265 e. The molecule has 0 aromatic heterocycles. The Kier molecular flexibility index (Phi) is 6.99. The number of rotatable bonds is 6. The van der Waals surface area contributed by atoms with Crippen LogP contribution in [0.15, 0.2) is 82.6 Å². The van der Waals surface area contributed by atoms with E-state index in [1.807, 2.05) is 73.4 Å². The van der Waals surface area contributed by atoms with Gasteiger partial charge in [0.25, 0.3) is 11.8 Å². The van der Waals surface area contributed by atoms with Gasteiger partial charge in [-0.3, -0.25) is 9.59 Å². The van der Waals surface area contributed by atoms with Gasteiger partial charge in [0.05, 0.1) is 17.1 Å². The van der Waals surface area contributed by atoms with Crippen molar-refractivity contribution in [3.8, 4) is 0 Å². The Morgan fingerprint density at radius 2 is 1.73 bits per heavy atom. The van der Waals surface area contributed by atoms with Crippen molar-refractivity contribution in [2.24, 2.45) is 0 Å². The summed E-state index contributed by atoms with van der Waals surface area (Å²) >= 11 is 1.49. The Hall–Kier alpha value is -3.31. The van der Waals surface area contributed by atoms with Gasteiger partial charge in [-0.15, -0.1) is 0 Å². The zero-order valence-corrected chi connectivity index (χ0v) is 20.0. The van der Waals surface area contributed by atoms with E-state index in [4.69, 9.17) is 0 Å². The summed E-state index contributed by atoms with van der Waals surface area (Å²) in [7, 11) is 0. The molecule has 4 rings (SSSR count). The van der Waals surface area contributed by atoms with Crippen molar-refractivity contribution in [1.82, 2.24) is 5.32 Å². The minimum atomic E-state index is -0.0787. The summed E-state index contributed by atoms with van der Waals surface area (Å²) < 4.78 is 0. The number of carbonyl (C=O) groups is 2. The number of hydrogen-bond acceptors (Lipinski definition) is 3. The average Bonchev–Trinajstić information content (AvgIpc) is 2.83. The van der Waals surface area contributed by atoms with E-state index in [9.17, 15) is 9.59 Å². The van der Waals surface area contributed by atoms with Crippen LogP contribution in [-0.4, -0.2) is 17.9 Å². The second kappa shape index (κ2) is 10.1. The highest BCUT2D eigenvalue weighted by molar-refractivity contribution is 8.04. The number of carbonyl (C=O) groups excluding carboxylic acids is 2. The molecule has 168 valence electrons. The summed E-state index contributed by atoms with van der Waals surface area (Å²) in [5.41, 5.74) is 4.74. The topological polar surface area (TPSA) is 49.4 Å². The molecule has 0 fully saturated rings. The average molecular weight is 457 g/mol. The van der Waals surface area contributed by atoms with Crippen LogP contribution in [0.4, 0.5) is 5.69 Å². The molecule has 1 aliphatic heterocycles. The lowest BCUT2D eigenvalue weighted by atomic mass is 10.1. The fraction of sp³-hybridized carbons (Fsp3) is 0.214. The van der Waals surface area contributed by atoms with Gasteiger partial charge in [0.2, 0.25) is 0 Å². The number of nitrogens with zero attached hydrogens (tertiary/aromatic N) is 1. The Morgan fingerprint density at radius 1 is 1.03 bits per heavy atom. The normalized spacial score (nSPS) is 15.3. The van der Waals surface area contributed by atoms with Crippen LogP contribution in [0, 0.1) is 6.92 Å². The molecule has 1 heterocycles. The highest BCUT2D eigenvalue weighted by Gasteiger charge is 2.29. The van der Waals surface area contributed by atoms with Crippen LogP contribution >= 0.6 is 11.8 Å². The molecule has 3 aromatic rings. The van der Waals surface area contributed by atoms with Crippen molar-refractivity contribution in [1.29, 1.82) is 0 Å². The van der Waals surface area contributed by atoms with Gasteiger partial charge in [0, 0.05) is 16.5 Å². The second-order valence-electron chi connectivity index (χ2n) is 8.30. The third-order valence-electron chi connectivity index (χ3n) is 5.88. The first-order chi connectivity index (χ1) is 16.0. The summed E-state index contributed by atoms with van der Waals surface area (Å²) in [4.78, 5) is 29.4. The van der Waals surface area contributed by atoms with Crippen molar-refractivity contribution in [2.45, 2.75) is 44.7 Å². The largest absolute Gasteiger partial charge is 0.350 e. The number of benzene rings is 3. The number of nitrogens with one attached hydrogen (secondary N) is 1. The van der Waals surface area contributed by atoms with Crippen LogP contribution in [0.2, 0.25) is 0 Å². The van der Waals surface area contributed by atoms with Gasteiger partial charge in [-0.05, 0) is 67.3 Å². The highest BCUT2D eigenvalue weighted by atomic mass is 32.2. The highest BCUT2D eigenvalue weighted by Crippen LogP contribution is 2.42. The molecule has 3 aromatic carbocycles. The van der Waals surface area contributed by atoms with Gasteiger partial charge < -0.3 is 10.2 Å². The summed E-state index contributed by atoms with van der Waals surface area (Å²) in [6.45, 7) is 6.62. The maximum absolute atomic E-state index is 13.5. The van der Waals surface area contributed by atoms with E-state index < -0.39 is 0 Å². The van der Waals surface area contributed by atoms with E-state index in [2.05, 4.69) is 24.4 Å². The van der Waals surface area contributed by atoms with Crippen LogP contribution in [0.5, 0.6) is 0 Å².